The summed E-state index contributed by atoms with van der Waals surface area (Å²) in [6, 6.07) is 9.26. The molecule has 6 N–H and O–H groups in total. The molecule has 0 radical (unpaired) electrons. The van der Waals surface area contributed by atoms with Gasteiger partial charge in [-0.05, 0) is 24.3 Å². The predicted molar refractivity (Wildman–Crippen MR) is 144 cm³/mol. The highest BCUT2D eigenvalue weighted by atomic mass is 35.5. The number of fused-ring (bicyclic) bond motifs is 2. The zero-order valence-corrected chi connectivity index (χ0v) is 22.8. The molecule has 0 saturated carbocycles. The van der Waals surface area contributed by atoms with E-state index in [4.69, 9.17) is 17.3 Å². The van der Waals surface area contributed by atoms with Gasteiger partial charge in [-0.1, -0.05) is 35.9 Å². The Hall–Kier alpha value is -4.55. The molecule has 1 heterocycles. The molecule has 1 aliphatic carbocycles. The largest absolute Gasteiger partial charge is 0.397 e. The lowest BCUT2D eigenvalue weighted by Gasteiger charge is -2.24. The monoisotopic (exact) mass is 637 g/mol. The van der Waals surface area contributed by atoms with E-state index < -0.39 is 92.6 Å². The third-order valence-electron chi connectivity index (χ3n) is 6.05. The molecular weight excluding hydrogens is 624 g/mol. The summed E-state index contributed by atoms with van der Waals surface area (Å²) in [6.07, 6.45) is -1.49. The molecule has 0 fully saturated rings. The van der Waals surface area contributed by atoms with Crippen LogP contribution in [0.4, 0.5) is 37.3 Å². The van der Waals surface area contributed by atoms with E-state index in [0.717, 1.165) is 24.3 Å². The fourth-order valence-electron chi connectivity index (χ4n) is 4.28. The normalized spacial score (nSPS) is 13.0. The Kier molecular flexibility index (Phi) is 6.94. The van der Waals surface area contributed by atoms with Gasteiger partial charge < -0.3 is 16.4 Å². The van der Waals surface area contributed by atoms with Gasteiger partial charge in [0.2, 0.25) is 5.95 Å². The third kappa shape index (κ3) is 5.03. The summed E-state index contributed by atoms with van der Waals surface area (Å²) in [5.41, 5.74) is 2.93. The highest BCUT2D eigenvalue weighted by Crippen LogP contribution is 2.41. The van der Waals surface area contributed by atoms with Crippen molar-refractivity contribution in [2.24, 2.45) is 0 Å². The van der Waals surface area contributed by atoms with E-state index in [2.05, 4.69) is 20.6 Å². The Bertz CT molecular complexity index is 2090. The average Bonchev–Trinajstić information content (AvgIpc) is 2.90. The quantitative estimate of drug-likeness (QED) is 0.0776. The van der Waals surface area contributed by atoms with Gasteiger partial charge in [-0.2, -0.15) is 35.6 Å². The number of halogens is 3. The van der Waals surface area contributed by atoms with Crippen LogP contribution in [0.1, 0.15) is 31.8 Å². The Balaban J connectivity index is 1.69. The molecule has 13 nitrogen and oxygen atoms in total. The Morgan fingerprint density at radius 1 is 0.786 bits per heavy atom. The van der Waals surface area contributed by atoms with Crippen molar-refractivity contribution in [1.29, 1.82) is 0 Å². The highest BCUT2D eigenvalue weighted by molar-refractivity contribution is 7.86. The van der Waals surface area contributed by atoms with Gasteiger partial charge in [0.1, 0.15) is 14.8 Å². The summed E-state index contributed by atoms with van der Waals surface area (Å²) in [6.45, 7) is 0. The molecular formula is C24H14ClF2N5O8S2. The number of nitrogens with two attached hydrogens (primary N) is 1. The van der Waals surface area contributed by atoms with Crippen LogP contribution in [0.2, 0.25) is 5.02 Å². The Morgan fingerprint density at radius 3 is 1.98 bits per heavy atom. The molecule has 0 bridgehead atoms. The van der Waals surface area contributed by atoms with Gasteiger partial charge in [-0.25, -0.2) is 0 Å². The van der Waals surface area contributed by atoms with Crippen LogP contribution in [0.25, 0.3) is 0 Å². The lowest BCUT2D eigenvalue weighted by atomic mass is 9.82. The molecule has 0 amide bonds. The minimum Gasteiger partial charge on any atom is -0.397 e. The lowest BCUT2D eigenvalue weighted by Crippen LogP contribution is -2.25. The van der Waals surface area contributed by atoms with Crippen molar-refractivity contribution in [3.63, 3.8) is 0 Å². The van der Waals surface area contributed by atoms with E-state index in [1.54, 1.807) is 0 Å². The van der Waals surface area contributed by atoms with Crippen molar-refractivity contribution in [3.8, 4) is 0 Å². The van der Waals surface area contributed by atoms with Crippen LogP contribution < -0.4 is 16.4 Å². The molecule has 1 aromatic heterocycles. The van der Waals surface area contributed by atoms with E-state index in [0.29, 0.717) is 0 Å². The number of nitrogens with one attached hydrogen (secondary N) is 2. The first kappa shape index (κ1) is 29.0. The average molecular weight is 638 g/mol. The molecule has 1 aliphatic rings. The molecule has 0 aliphatic heterocycles. The van der Waals surface area contributed by atoms with Crippen molar-refractivity contribution in [1.82, 2.24) is 9.97 Å². The number of hydrogen-bond donors (Lipinski definition) is 5. The SMILES string of the molecule is Nc1c(S(=O)(=O)O)cc(Nc2ccc(Nc3nc(F)nc(F)c3Cl)cc2S(=O)(=O)O)c2c1C(=O)c1ccccc1C2=O. The molecule has 216 valence electrons. The number of ketones is 2. The van der Waals surface area contributed by atoms with E-state index in [9.17, 15) is 44.3 Å². The van der Waals surface area contributed by atoms with E-state index >= 15 is 0 Å². The summed E-state index contributed by atoms with van der Waals surface area (Å²) in [7, 11) is -10.2. The van der Waals surface area contributed by atoms with Gasteiger partial charge in [-0.15, -0.1) is 0 Å². The second-order valence-corrected chi connectivity index (χ2v) is 11.8. The Morgan fingerprint density at radius 2 is 1.38 bits per heavy atom. The number of aromatic nitrogens is 2. The molecule has 18 heteroatoms. The van der Waals surface area contributed by atoms with Crippen LogP contribution in [0.5, 0.6) is 0 Å². The van der Waals surface area contributed by atoms with E-state index in [1.807, 2.05) is 0 Å². The molecule has 0 spiro atoms. The molecule has 3 aromatic carbocycles. The van der Waals surface area contributed by atoms with Crippen LogP contribution >= 0.6 is 11.6 Å². The predicted octanol–water partition coefficient (Wildman–Crippen LogP) is 3.75. The van der Waals surface area contributed by atoms with Crippen LogP contribution in [0.3, 0.4) is 0 Å². The number of benzene rings is 3. The van der Waals surface area contributed by atoms with Crippen LogP contribution in [0, 0.1) is 12.0 Å². The van der Waals surface area contributed by atoms with Crippen molar-refractivity contribution < 1.29 is 44.3 Å². The summed E-state index contributed by atoms with van der Waals surface area (Å²) in [5, 5.41) is 4.15. The molecule has 5 rings (SSSR count). The number of nitrogen functional groups attached to an aromatic ring is 1. The van der Waals surface area contributed by atoms with Crippen LogP contribution in [-0.4, -0.2) is 47.5 Å². The van der Waals surface area contributed by atoms with Crippen molar-refractivity contribution in [2.45, 2.75) is 9.79 Å². The third-order valence-corrected chi connectivity index (χ3v) is 8.18. The number of nitrogens with zero attached hydrogens (tertiary/aromatic N) is 2. The molecule has 4 aromatic rings. The first-order chi connectivity index (χ1) is 19.6. The number of hydrogen-bond acceptors (Lipinski definition) is 11. The van der Waals surface area contributed by atoms with Crippen molar-refractivity contribution >= 4 is 72.0 Å². The van der Waals surface area contributed by atoms with Gasteiger partial charge in [0.15, 0.2) is 17.4 Å². The summed E-state index contributed by atoms with van der Waals surface area (Å²) in [4.78, 5) is 31.0. The first-order valence-electron chi connectivity index (χ1n) is 11.2. The van der Waals surface area contributed by atoms with Crippen molar-refractivity contribution in [2.75, 3.05) is 16.4 Å². The fraction of sp³-hybridized carbons (Fsp3) is 0. The maximum atomic E-state index is 13.7. The number of carbonyl (C=O) groups excluding carboxylic acids is 2. The first-order valence-corrected chi connectivity index (χ1v) is 14.5. The number of anilines is 5. The minimum absolute atomic E-state index is 0.0622. The van der Waals surface area contributed by atoms with E-state index in [1.165, 1.54) is 24.3 Å². The van der Waals surface area contributed by atoms with Crippen molar-refractivity contribution in [3.05, 3.63) is 87.8 Å². The van der Waals surface area contributed by atoms with Gasteiger partial charge in [0, 0.05) is 16.8 Å². The molecule has 0 saturated heterocycles. The number of carbonyl (C=O) groups is 2. The Labute approximate surface area is 239 Å². The zero-order chi connectivity index (χ0) is 30.7. The maximum absolute atomic E-state index is 13.7. The van der Waals surface area contributed by atoms with Gasteiger partial charge in [0.25, 0.3) is 20.2 Å². The second kappa shape index (κ2) is 10.1. The molecule has 0 atom stereocenters. The lowest BCUT2D eigenvalue weighted by molar-refractivity contribution is 0.0980. The van der Waals surface area contributed by atoms with Crippen LogP contribution in [0.15, 0.2) is 58.3 Å². The zero-order valence-electron chi connectivity index (χ0n) is 20.4. The van der Waals surface area contributed by atoms with E-state index in [-0.39, 0.29) is 16.8 Å². The summed E-state index contributed by atoms with van der Waals surface area (Å²) in [5.74, 6) is -3.63. The second-order valence-electron chi connectivity index (χ2n) is 8.65. The smallest absolute Gasteiger partial charge is 0.313 e. The molecule has 0 unspecified atom stereocenters. The fourth-order valence-corrected chi connectivity index (χ4v) is 5.73. The molecule has 42 heavy (non-hydrogen) atoms. The standard InChI is InChI=1S/C24H14ClF2N5O8S2/c25-18-22(26)31-24(27)32-23(18)29-9-5-6-12(14(7-9)41(35,36)37)30-13-8-15(42(38,39)40)19(28)17-16(13)20(33)10-3-1-2-4-11(10)21(17)34/h1-8,30H,28H2,(H,29,31,32)(H,35,36,37)(H,38,39,40). The minimum atomic E-state index is -5.10. The number of rotatable bonds is 6. The topological polar surface area (TPSA) is 219 Å². The summed E-state index contributed by atoms with van der Waals surface area (Å²) >= 11 is 5.73. The summed E-state index contributed by atoms with van der Waals surface area (Å²) < 4.78 is 95.8. The van der Waals surface area contributed by atoms with Gasteiger partial charge in [-0.3, -0.25) is 18.7 Å². The highest BCUT2D eigenvalue weighted by Gasteiger charge is 2.36. The van der Waals surface area contributed by atoms with Gasteiger partial charge >= 0.3 is 6.08 Å². The van der Waals surface area contributed by atoms with Crippen LogP contribution in [-0.2, 0) is 20.2 Å². The van der Waals surface area contributed by atoms with Gasteiger partial charge in [0.05, 0.1) is 28.2 Å². The maximum Gasteiger partial charge on any atom is 0.313 e.